The van der Waals surface area contributed by atoms with Gasteiger partial charge in [-0.05, 0) is 87.6 Å². The molecule has 0 bridgehead atoms. The van der Waals surface area contributed by atoms with Gasteiger partial charge in [0.15, 0.2) is 0 Å². The Labute approximate surface area is 254 Å². The van der Waals surface area contributed by atoms with Crippen molar-refractivity contribution in [2.24, 2.45) is 0 Å². The predicted octanol–water partition coefficient (Wildman–Crippen LogP) is 11.6. The van der Waals surface area contributed by atoms with Gasteiger partial charge in [0.2, 0.25) is 0 Å². The molecule has 9 aromatic rings. The van der Waals surface area contributed by atoms with Crippen LogP contribution >= 0.6 is 0 Å². The first kappa shape index (κ1) is 24.6. The number of nitrogens with zero attached hydrogens (tertiary/aromatic N) is 2. The van der Waals surface area contributed by atoms with E-state index in [1.54, 1.807) is 0 Å². The van der Waals surface area contributed by atoms with Crippen LogP contribution in [0.2, 0.25) is 0 Å². The zero-order valence-corrected chi connectivity index (χ0v) is 23.8. The van der Waals surface area contributed by atoms with E-state index in [4.69, 9.17) is 9.40 Å². The lowest BCUT2D eigenvalue weighted by Gasteiger charge is -2.26. The molecule has 0 radical (unpaired) electrons. The second-order valence-corrected chi connectivity index (χ2v) is 11.3. The van der Waals surface area contributed by atoms with Gasteiger partial charge >= 0.3 is 0 Å². The molecule has 2 heterocycles. The second kappa shape index (κ2) is 9.82. The van der Waals surface area contributed by atoms with Crippen molar-refractivity contribution in [1.82, 2.24) is 4.98 Å². The summed E-state index contributed by atoms with van der Waals surface area (Å²) >= 11 is 0. The quantitative estimate of drug-likeness (QED) is 0.214. The number of furan rings is 1. The smallest absolute Gasteiger partial charge is 0.136 e. The number of benzene rings is 7. The standard InChI is InChI=1S/C41H26N2O/c1-2-10-33(11-3-1)43(35-20-17-28-18-21-40-41(37(28)25-35)36-12-6-7-13-39(36)44-40)34-19-16-27-14-15-30(22-32(27)23-34)38-24-29-8-4-5-9-31(29)26-42-38/h1-26H. The van der Waals surface area contributed by atoms with Crippen LogP contribution in [-0.2, 0) is 0 Å². The number of fused-ring (bicyclic) bond motifs is 7. The molecule has 0 saturated heterocycles. The van der Waals surface area contributed by atoms with E-state index in [1.807, 2.05) is 18.3 Å². The molecule has 0 amide bonds. The van der Waals surface area contributed by atoms with Gasteiger partial charge in [0.05, 0.1) is 5.69 Å². The molecule has 0 atom stereocenters. The van der Waals surface area contributed by atoms with E-state index in [1.165, 1.54) is 26.9 Å². The molecule has 44 heavy (non-hydrogen) atoms. The number of para-hydroxylation sites is 2. The molecule has 9 rings (SSSR count). The molecule has 0 N–H and O–H groups in total. The predicted molar refractivity (Wildman–Crippen MR) is 184 cm³/mol. The summed E-state index contributed by atoms with van der Waals surface area (Å²) in [4.78, 5) is 7.12. The van der Waals surface area contributed by atoms with Crippen LogP contribution in [0, 0.1) is 0 Å². The Kier molecular flexibility index (Phi) is 5.50. The molecule has 3 nitrogen and oxygen atoms in total. The van der Waals surface area contributed by atoms with Gasteiger partial charge in [0, 0.05) is 45.0 Å². The highest BCUT2D eigenvalue weighted by atomic mass is 16.3. The molecule has 0 fully saturated rings. The summed E-state index contributed by atoms with van der Waals surface area (Å²) in [5, 5.41) is 9.35. The highest BCUT2D eigenvalue weighted by molar-refractivity contribution is 6.19. The number of rotatable bonds is 4. The maximum absolute atomic E-state index is 6.23. The van der Waals surface area contributed by atoms with Gasteiger partial charge in [-0.25, -0.2) is 0 Å². The summed E-state index contributed by atoms with van der Waals surface area (Å²) in [5.74, 6) is 0. The van der Waals surface area contributed by atoms with Crippen LogP contribution in [0.1, 0.15) is 0 Å². The van der Waals surface area contributed by atoms with E-state index in [0.29, 0.717) is 0 Å². The van der Waals surface area contributed by atoms with Gasteiger partial charge in [-0.3, -0.25) is 4.98 Å². The first-order chi connectivity index (χ1) is 21.8. The fourth-order valence-corrected chi connectivity index (χ4v) is 6.47. The van der Waals surface area contributed by atoms with E-state index >= 15 is 0 Å². The Morgan fingerprint density at radius 2 is 1.16 bits per heavy atom. The number of hydrogen-bond acceptors (Lipinski definition) is 3. The zero-order chi connectivity index (χ0) is 29.0. The van der Waals surface area contributed by atoms with Crippen LogP contribution in [0.4, 0.5) is 17.1 Å². The van der Waals surface area contributed by atoms with Crippen LogP contribution in [0.3, 0.4) is 0 Å². The van der Waals surface area contributed by atoms with Crippen LogP contribution in [0.25, 0.3) is 65.5 Å². The lowest BCUT2D eigenvalue weighted by molar-refractivity contribution is 0.669. The molecular formula is C41H26N2O. The van der Waals surface area contributed by atoms with Crippen LogP contribution in [0.5, 0.6) is 0 Å². The average molecular weight is 563 g/mol. The second-order valence-electron chi connectivity index (χ2n) is 11.3. The molecule has 0 saturated carbocycles. The minimum atomic E-state index is 0.905. The Hall–Kier alpha value is -5.93. The SMILES string of the molecule is c1ccc(N(c2ccc3ccc(-c4cc5ccccc5cn4)cc3c2)c2ccc3ccc4oc5ccccc5c4c3c2)cc1. The van der Waals surface area contributed by atoms with Crippen molar-refractivity contribution in [3.63, 3.8) is 0 Å². The summed E-state index contributed by atoms with van der Waals surface area (Å²) < 4.78 is 6.23. The van der Waals surface area contributed by atoms with E-state index in [0.717, 1.165) is 55.6 Å². The van der Waals surface area contributed by atoms with Gasteiger partial charge in [-0.1, -0.05) is 91.0 Å². The fourth-order valence-electron chi connectivity index (χ4n) is 6.47. The summed E-state index contributed by atoms with van der Waals surface area (Å²) in [5.41, 5.74) is 7.18. The monoisotopic (exact) mass is 562 g/mol. The van der Waals surface area contributed by atoms with E-state index in [-0.39, 0.29) is 0 Å². The van der Waals surface area contributed by atoms with Gasteiger partial charge < -0.3 is 9.32 Å². The molecule has 0 aliphatic carbocycles. The highest BCUT2D eigenvalue weighted by Crippen LogP contribution is 2.41. The minimum Gasteiger partial charge on any atom is -0.456 e. The molecule has 0 unspecified atom stereocenters. The average Bonchev–Trinajstić information content (AvgIpc) is 3.48. The van der Waals surface area contributed by atoms with Gasteiger partial charge in [0.25, 0.3) is 0 Å². The van der Waals surface area contributed by atoms with Gasteiger partial charge in [-0.2, -0.15) is 0 Å². The summed E-state index contributed by atoms with van der Waals surface area (Å²) in [6.07, 6.45) is 1.96. The minimum absolute atomic E-state index is 0.905. The zero-order valence-electron chi connectivity index (χ0n) is 23.8. The van der Waals surface area contributed by atoms with Gasteiger partial charge in [0.1, 0.15) is 11.2 Å². The maximum Gasteiger partial charge on any atom is 0.136 e. The van der Waals surface area contributed by atoms with Crippen molar-refractivity contribution >= 4 is 71.3 Å². The van der Waals surface area contributed by atoms with Crippen molar-refractivity contribution in [1.29, 1.82) is 0 Å². The van der Waals surface area contributed by atoms with Gasteiger partial charge in [-0.15, -0.1) is 0 Å². The van der Waals surface area contributed by atoms with E-state index in [2.05, 4.69) is 144 Å². The number of hydrogen-bond donors (Lipinski definition) is 0. The topological polar surface area (TPSA) is 29.3 Å². The summed E-state index contributed by atoms with van der Waals surface area (Å²) in [6.45, 7) is 0. The molecule has 2 aromatic heterocycles. The summed E-state index contributed by atoms with van der Waals surface area (Å²) in [7, 11) is 0. The lowest BCUT2D eigenvalue weighted by Crippen LogP contribution is -2.09. The lowest BCUT2D eigenvalue weighted by atomic mass is 10.0. The van der Waals surface area contributed by atoms with Crippen molar-refractivity contribution in [2.75, 3.05) is 4.90 Å². The highest BCUT2D eigenvalue weighted by Gasteiger charge is 2.16. The van der Waals surface area contributed by atoms with Crippen LogP contribution in [-0.4, -0.2) is 4.98 Å². The third-order valence-corrected chi connectivity index (χ3v) is 8.62. The van der Waals surface area contributed by atoms with E-state index < -0.39 is 0 Å². The first-order valence-electron chi connectivity index (χ1n) is 14.9. The van der Waals surface area contributed by atoms with Crippen LogP contribution in [0.15, 0.2) is 162 Å². The van der Waals surface area contributed by atoms with E-state index in [9.17, 15) is 0 Å². The van der Waals surface area contributed by atoms with Crippen molar-refractivity contribution in [3.8, 4) is 11.3 Å². The third kappa shape index (κ3) is 4.02. The molecule has 7 aromatic carbocycles. The Morgan fingerprint density at radius 1 is 0.432 bits per heavy atom. The number of anilines is 3. The number of aromatic nitrogens is 1. The Balaban J connectivity index is 1.22. The Morgan fingerprint density at radius 3 is 2.07 bits per heavy atom. The summed E-state index contributed by atoms with van der Waals surface area (Å²) in [6, 6.07) is 53.7. The molecule has 0 spiro atoms. The molecule has 0 aliphatic rings. The maximum atomic E-state index is 6.23. The normalized spacial score (nSPS) is 11.6. The first-order valence-corrected chi connectivity index (χ1v) is 14.9. The Bertz CT molecular complexity index is 2510. The largest absolute Gasteiger partial charge is 0.456 e. The van der Waals surface area contributed by atoms with Crippen molar-refractivity contribution < 1.29 is 4.42 Å². The molecular weight excluding hydrogens is 536 g/mol. The van der Waals surface area contributed by atoms with Crippen molar-refractivity contribution in [3.05, 3.63) is 158 Å². The van der Waals surface area contributed by atoms with Crippen LogP contribution < -0.4 is 4.90 Å². The molecule has 206 valence electrons. The molecule has 3 heteroatoms. The third-order valence-electron chi connectivity index (χ3n) is 8.62. The fraction of sp³-hybridized carbons (Fsp3) is 0. The van der Waals surface area contributed by atoms with Crippen molar-refractivity contribution in [2.45, 2.75) is 0 Å². The number of pyridine rings is 1. The molecule has 0 aliphatic heterocycles.